The van der Waals surface area contributed by atoms with Gasteiger partial charge in [-0.25, -0.2) is 22.8 Å². The third-order valence-corrected chi connectivity index (χ3v) is 7.53. The molecule has 4 rings (SSSR count). The zero-order valence-electron chi connectivity index (χ0n) is 19.5. The molecule has 2 heterocycles. The standard InChI is InChI=1S/C24H17F7N4O3S/c25-17-11-35(12-17)39(37,38)19-3-1-13(2-4-19)20(21(32)36)10-18-5-6-33-22(34-18)14-7-15(23(26,27)28)9-16(8-14)24(29,30)31/h1-10,17H,11-12H2,(H2,32,36)/b20-10+. The van der Waals surface area contributed by atoms with E-state index in [1.54, 1.807) is 0 Å². The molecule has 1 saturated heterocycles. The first-order valence-electron chi connectivity index (χ1n) is 10.9. The average molecular weight is 574 g/mol. The summed E-state index contributed by atoms with van der Waals surface area (Å²) in [7, 11) is -3.94. The first-order chi connectivity index (χ1) is 18.1. The second kappa shape index (κ2) is 10.0. The van der Waals surface area contributed by atoms with Gasteiger partial charge in [-0.1, -0.05) is 12.1 Å². The Morgan fingerprint density at radius 2 is 1.51 bits per heavy atom. The van der Waals surface area contributed by atoms with Crippen LogP contribution >= 0.6 is 0 Å². The number of nitrogens with two attached hydrogens (primary N) is 1. The molecule has 0 spiro atoms. The van der Waals surface area contributed by atoms with Gasteiger partial charge in [0.15, 0.2) is 5.82 Å². The largest absolute Gasteiger partial charge is 0.416 e. The Bertz CT molecular complexity index is 1510. The van der Waals surface area contributed by atoms with Crippen molar-refractivity contribution in [3.05, 3.63) is 77.1 Å². The number of benzene rings is 2. The fourth-order valence-corrected chi connectivity index (χ4v) is 5.16. The van der Waals surface area contributed by atoms with Crippen molar-refractivity contribution in [1.29, 1.82) is 0 Å². The minimum atomic E-state index is -5.07. The molecule has 1 aliphatic rings. The Morgan fingerprint density at radius 3 is 2.00 bits per heavy atom. The molecule has 1 fully saturated rings. The predicted molar refractivity (Wildman–Crippen MR) is 125 cm³/mol. The number of primary amides is 1. The first kappa shape index (κ1) is 28.2. The lowest BCUT2D eigenvalue weighted by Gasteiger charge is -2.33. The van der Waals surface area contributed by atoms with Gasteiger partial charge < -0.3 is 5.73 Å². The summed E-state index contributed by atoms with van der Waals surface area (Å²) in [6.45, 7) is -0.550. The second-order valence-corrected chi connectivity index (χ2v) is 10.4. The second-order valence-electron chi connectivity index (χ2n) is 8.47. The van der Waals surface area contributed by atoms with Crippen LogP contribution in [0.15, 0.2) is 59.6 Å². The highest BCUT2D eigenvalue weighted by atomic mass is 32.2. The highest BCUT2D eigenvalue weighted by Crippen LogP contribution is 2.38. The number of carbonyl (C=O) groups excluding carboxylic acids is 1. The molecular weight excluding hydrogens is 557 g/mol. The predicted octanol–water partition coefficient (Wildman–Crippen LogP) is 4.55. The van der Waals surface area contributed by atoms with Gasteiger partial charge in [0.25, 0.3) is 0 Å². The summed E-state index contributed by atoms with van der Waals surface area (Å²) in [4.78, 5) is 19.7. The molecule has 1 amide bonds. The molecular formula is C24H17F7N4O3S. The van der Waals surface area contributed by atoms with Crippen LogP contribution in [0.1, 0.15) is 22.4 Å². The molecule has 39 heavy (non-hydrogen) atoms. The molecule has 0 radical (unpaired) electrons. The van der Waals surface area contributed by atoms with Gasteiger partial charge in [-0.2, -0.15) is 30.6 Å². The molecule has 2 N–H and O–H groups in total. The number of hydrogen-bond acceptors (Lipinski definition) is 5. The van der Waals surface area contributed by atoms with Crippen molar-refractivity contribution in [2.45, 2.75) is 23.4 Å². The average Bonchev–Trinajstić information content (AvgIpc) is 2.84. The number of hydrogen-bond donors (Lipinski definition) is 1. The minimum Gasteiger partial charge on any atom is -0.366 e. The Morgan fingerprint density at radius 1 is 0.949 bits per heavy atom. The number of amides is 1. The number of alkyl halides is 7. The zero-order chi connectivity index (χ0) is 28.8. The number of rotatable bonds is 6. The Labute approximate surface area is 216 Å². The Kier molecular flexibility index (Phi) is 7.25. The first-order valence-corrected chi connectivity index (χ1v) is 12.4. The van der Waals surface area contributed by atoms with Crippen LogP contribution in [0.2, 0.25) is 0 Å². The van der Waals surface area contributed by atoms with Crippen molar-refractivity contribution in [2.24, 2.45) is 5.73 Å². The summed E-state index contributed by atoms with van der Waals surface area (Å²) in [5, 5.41) is 0. The summed E-state index contributed by atoms with van der Waals surface area (Å²) < 4.78 is 118. The Hall–Kier alpha value is -3.85. The van der Waals surface area contributed by atoms with E-state index in [1.165, 1.54) is 30.3 Å². The van der Waals surface area contributed by atoms with Crippen LogP contribution in [0.25, 0.3) is 23.0 Å². The molecule has 0 saturated carbocycles. The molecule has 1 aliphatic heterocycles. The van der Waals surface area contributed by atoms with E-state index >= 15 is 0 Å². The molecule has 0 unspecified atom stereocenters. The topological polar surface area (TPSA) is 106 Å². The fraction of sp³-hybridized carbons (Fsp3) is 0.208. The van der Waals surface area contributed by atoms with Crippen LogP contribution in [-0.4, -0.2) is 47.9 Å². The molecule has 206 valence electrons. The van der Waals surface area contributed by atoms with Crippen LogP contribution in [0.3, 0.4) is 0 Å². The lowest BCUT2D eigenvalue weighted by Crippen LogP contribution is -2.51. The highest BCUT2D eigenvalue weighted by Gasteiger charge is 2.38. The lowest BCUT2D eigenvalue weighted by molar-refractivity contribution is -0.143. The minimum absolute atomic E-state index is 0.0276. The van der Waals surface area contributed by atoms with Crippen LogP contribution in [0.5, 0.6) is 0 Å². The third-order valence-electron chi connectivity index (χ3n) is 5.69. The van der Waals surface area contributed by atoms with E-state index in [0.717, 1.165) is 16.6 Å². The molecule has 0 bridgehead atoms. The smallest absolute Gasteiger partial charge is 0.366 e. The van der Waals surface area contributed by atoms with Crippen LogP contribution in [0, 0.1) is 0 Å². The van der Waals surface area contributed by atoms with Gasteiger partial charge in [0.1, 0.15) is 6.17 Å². The summed E-state index contributed by atoms with van der Waals surface area (Å²) in [6.07, 6.45) is -9.21. The SMILES string of the molecule is NC(=O)/C(=C/c1ccnc(-c2cc(C(F)(F)F)cc(C(F)(F)F)c2)n1)c1ccc(S(=O)(=O)N2CC(F)C2)cc1. The van der Waals surface area contributed by atoms with Crippen molar-refractivity contribution >= 4 is 27.6 Å². The number of aromatic nitrogens is 2. The number of nitrogens with zero attached hydrogens (tertiary/aromatic N) is 3. The number of sulfonamides is 1. The van der Waals surface area contributed by atoms with Crippen molar-refractivity contribution in [1.82, 2.24) is 14.3 Å². The van der Waals surface area contributed by atoms with E-state index in [9.17, 15) is 43.9 Å². The van der Waals surface area contributed by atoms with E-state index in [4.69, 9.17) is 5.73 Å². The summed E-state index contributed by atoms with van der Waals surface area (Å²) in [6, 6.07) is 7.03. The number of halogens is 7. The van der Waals surface area contributed by atoms with Gasteiger partial charge in [0.2, 0.25) is 15.9 Å². The highest BCUT2D eigenvalue weighted by molar-refractivity contribution is 7.89. The van der Waals surface area contributed by atoms with E-state index < -0.39 is 57.0 Å². The van der Waals surface area contributed by atoms with Crippen LogP contribution in [-0.2, 0) is 27.2 Å². The summed E-state index contributed by atoms with van der Waals surface area (Å²) in [5.74, 6) is -1.46. The van der Waals surface area contributed by atoms with E-state index in [2.05, 4.69) is 9.97 Å². The molecule has 1 aromatic heterocycles. The lowest BCUT2D eigenvalue weighted by atomic mass is 10.0. The molecule has 3 aromatic rings. The maximum atomic E-state index is 13.2. The normalized spacial score (nSPS) is 15.7. The van der Waals surface area contributed by atoms with Crippen LogP contribution < -0.4 is 5.73 Å². The molecule has 2 aromatic carbocycles. The van der Waals surface area contributed by atoms with E-state index in [1.807, 2.05) is 0 Å². The van der Waals surface area contributed by atoms with Gasteiger partial charge in [0, 0.05) is 30.4 Å². The van der Waals surface area contributed by atoms with E-state index in [-0.39, 0.29) is 40.9 Å². The fourth-order valence-electron chi connectivity index (χ4n) is 3.66. The van der Waals surface area contributed by atoms with Crippen molar-refractivity contribution in [2.75, 3.05) is 13.1 Å². The van der Waals surface area contributed by atoms with Crippen molar-refractivity contribution < 1.29 is 43.9 Å². The monoisotopic (exact) mass is 574 g/mol. The summed E-state index contributed by atoms with van der Waals surface area (Å²) in [5.41, 5.74) is 1.67. The van der Waals surface area contributed by atoms with Crippen molar-refractivity contribution in [3.8, 4) is 11.4 Å². The molecule has 7 nitrogen and oxygen atoms in total. The van der Waals surface area contributed by atoms with Crippen molar-refractivity contribution in [3.63, 3.8) is 0 Å². The third kappa shape index (κ3) is 6.09. The molecule has 15 heteroatoms. The van der Waals surface area contributed by atoms with Gasteiger partial charge in [-0.3, -0.25) is 4.79 Å². The quantitative estimate of drug-likeness (QED) is 0.344. The summed E-state index contributed by atoms with van der Waals surface area (Å²) >= 11 is 0. The van der Waals surface area contributed by atoms with Gasteiger partial charge in [0.05, 0.1) is 21.7 Å². The number of carbonyl (C=O) groups is 1. The molecule has 0 atom stereocenters. The Balaban J connectivity index is 1.71. The van der Waals surface area contributed by atoms with Gasteiger partial charge >= 0.3 is 12.4 Å². The van der Waals surface area contributed by atoms with Gasteiger partial charge in [-0.05, 0) is 48.0 Å². The van der Waals surface area contributed by atoms with Gasteiger partial charge in [-0.15, -0.1) is 0 Å². The maximum absolute atomic E-state index is 13.2. The molecule has 0 aliphatic carbocycles. The zero-order valence-corrected chi connectivity index (χ0v) is 20.3. The van der Waals surface area contributed by atoms with Crippen LogP contribution in [0.4, 0.5) is 30.7 Å². The van der Waals surface area contributed by atoms with E-state index in [0.29, 0.717) is 12.1 Å². The maximum Gasteiger partial charge on any atom is 0.416 e.